The van der Waals surface area contributed by atoms with E-state index in [1.165, 1.54) is 12.3 Å². The maximum Gasteiger partial charge on any atom is 0 e. The number of carboxylic acid groups (broad SMARTS) is 1. The first kappa shape index (κ1) is 60.1. The van der Waals surface area contributed by atoms with Crippen LogP contribution >= 0.6 is 0 Å². The quantitative estimate of drug-likeness (QED) is 0.0977. The first-order valence-corrected chi connectivity index (χ1v) is 12.4. The topological polar surface area (TPSA) is 349 Å². The van der Waals surface area contributed by atoms with E-state index in [0.717, 1.165) is 0 Å². The van der Waals surface area contributed by atoms with Gasteiger partial charge in [0, 0.05) is 77.2 Å². The fraction of sp³-hybridized carbons (Fsp3) is 0. The second-order valence-corrected chi connectivity index (χ2v) is 7.88. The molecule has 0 aliphatic carbocycles. The summed E-state index contributed by atoms with van der Waals surface area (Å²) >= 11 is -5.25. The Morgan fingerprint density at radius 2 is 1.00 bits per heavy atom. The van der Waals surface area contributed by atoms with E-state index in [1.54, 1.807) is 12.1 Å². The monoisotopic (exact) mass is 821 g/mol. The molecular weight excluding hydrogens is 808 g/mol. The smallest absolute Gasteiger partial charge is 0 e. The number of hydrogen-bond acceptors (Lipinski definition) is 10. The Labute approximate surface area is 261 Å². The Hall–Kier alpha value is 1.46. The number of carbonyl (C=O) groups is 1. The molecule has 0 bridgehead atoms. The molecule has 2 radical (unpaired) electrons. The molecule has 1 rings (SSSR count). The molecule has 0 saturated heterocycles. The minimum Gasteiger partial charge on any atom is 0 e. The van der Waals surface area contributed by atoms with Gasteiger partial charge in [-0.15, -0.1) is 0 Å². The summed E-state index contributed by atoms with van der Waals surface area (Å²) < 4.78 is 127. The van der Waals surface area contributed by atoms with Gasteiger partial charge >= 0.3 is 96.1 Å². The molecule has 19 nitrogen and oxygen atoms in total. The molecule has 0 aromatic carbocycles. The van der Waals surface area contributed by atoms with Crippen LogP contribution in [0.25, 0.3) is 0 Å². The van der Waals surface area contributed by atoms with Gasteiger partial charge in [-0.3, -0.25) is 27.3 Å². The third-order valence-corrected chi connectivity index (χ3v) is 0.884. The molecule has 0 aliphatic rings. The van der Waals surface area contributed by atoms with E-state index in [-0.39, 0.29) is 106 Å². The van der Waals surface area contributed by atoms with Gasteiger partial charge in [0.15, 0.2) is 0 Å². The molecule has 1 heterocycles. The molecule has 0 unspecified atom stereocenters. The van der Waals surface area contributed by atoms with E-state index in [4.69, 9.17) is 73.7 Å². The zero-order valence-corrected chi connectivity index (χ0v) is 25.4. The van der Waals surface area contributed by atoms with Crippen LogP contribution < -0.4 is 0 Å². The maximum atomic E-state index is 10.1. The first-order valence-electron chi connectivity index (χ1n) is 5.24. The van der Waals surface area contributed by atoms with Gasteiger partial charge < -0.3 is 5.11 Å². The van der Waals surface area contributed by atoms with Crippen molar-refractivity contribution in [2.75, 3.05) is 0 Å². The number of carboxylic acids is 1. The van der Waals surface area contributed by atoms with Crippen LogP contribution in [-0.4, -0.2) is 120 Å². The van der Waals surface area contributed by atoms with Crippen molar-refractivity contribution in [3.8, 4) is 0 Å². The second-order valence-electron chi connectivity index (χ2n) is 3.31. The van der Waals surface area contributed by atoms with Crippen molar-refractivity contribution < 1.29 is 149 Å². The maximum absolute atomic E-state index is 10.1. The van der Waals surface area contributed by atoms with Crippen LogP contribution in [-0.2, 0) is 110 Å². The Balaban J connectivity index is -0.0000000326. The zero-order valence-electron chi connectivity index (χ0n) is 14.9. The summed E-state index contributed by atoms with van der Waals surface area (Å²) in [5.41, 5.74) is 0.0810. The molecule has 1 aromatic rings. The van der Waals surface area contributed by atoms with Crippen LogP contribution in [0.2, 0.25) is 0 Å². The third-order valence-electron chi connectivity index (χ3n) is 0.884. The summed E-state index contributed by atoms with van der Waals surface area (Å²) in [5.74, 6) is -0.990. The van der Waals surface area contributed by atoms with Crippen molar-refractivity contribution in [3.05, 3.63) is 30.1 Å². The zero-order chi connectivity index (χ0) is 24.7. The molecule has 9 N–H and O–H groups in total. The molecule has 202 valence electrons. The summed E-state index contributed by atoms with van der Waals surface area (Å²) in [7, 11) is -14.0. The van der Waals surface area contributed by atoms with E-state index in [0.29, 0.717) is 0 Å². The van der Waals surface area contributed by atoms with Crippen molar-refractivity contribution in [1.82, 2.24) is 4.98 Å². The van der Waals surface area contributed by atoms with Crippen molar-refractivity contribution in [1.29, 1.82) is 0 Å². The molecule has 0 aliphatic heterocycles. The fourth-order valence-electron chi connectivity index (χ4n) is 0.489. The Morgan fingerprint density at radius 3 is 1.09 bits per heavy atom. The summed E-state index contributed by atoms with van der Waals surface area (Å²) in [6.45, 7) is 0. The standard InChI is InChI=1S/C6H5NO2.Cr.Cu.Mn.Na.3H2O4S.H2O4Se.Zn.H/c8-6(9)5-3-1-2-4-7-5;;;;;4*1-5(2,3)4;;/h1-4H,(H,8,9);;;;;4*(H2,1,2,3,4);;. The van der Waals surface area contributed by atoms with Crippen LogP contribution in [0, 0.1) is 0 Å². The summed E-state index contributed by atoms with van der Waals surface area (Å²) in [6, 6.07) is 4.76. The van der Waals surface area contributed by atoms with Crippen molar-refractivity contribution >= 4 is 80.1 Å². The van der Waals surface area contributed by atoms with Gasteiger partial charge in [-0.25, -0.2) is 9.78 Å². The molecule has 0 amide bonds. The van der Waals surface area contributed by atoms with Crippen LogP contribution in [0.1, 0.15) is 10.5 Å². The number of aromatic carboxylic acids is 1. The average Bonchev–Trinajstić information content (AvgIpc) is 2.31. The Kier molecular flexibility index (Phi) is 51.3. The van der Waals surface area contributed by atoms with Gasteiger partial charge in [-0.2, -0.15) is 25.3 Å². The number of nitrogens with zero attached hydrogens (tertiary/aromatic N) is 1. The minimum atomic E-state index is -5.25. The summed E-state index contributed by atoms with van der Waals surface area (Å²) in [4.78, 5) is 13.7. The van der Waals surface area contributed by atoms with Gasteiger partial charge in [0.1, 0.15) is 5.69 Å². The average molecular weight is 822 g/mol. The van der Waals surface area contributed by atoms with Crippen LogP contribution in [0.3, 0.4) is 0 Å². The van der Waals surface area contributed by atoms with Crippen molar-refractivity contribution in [2.45, 2.75) is 0 Å². The number of pyridine rings is 1. The largest absolute Gasteiger partial charge is 0 e. The van der Waals surface area contributed by atoms with E-state index in [1.807, 2.05) is 0 Å². The Bertz CT molecular complexity index is 875. The van der Waals surface area contributed by atoms with E-state index in [2.05, 4.69) is 4.98 Å². The number of rotatable bonds is 1. The van der Waals surface area contributed by atoms with Gasteiger partial charge in [-0.1, -0.05) is 6.07 Å². The third kappa shape index (κ3) is 195. The SMILES string of the molecule is O=C(O)c1ccccn1.O=S(=O)(O)O.O=S(=O)(O)O.O=S(=O)(O)O.O=[Se](=O)(O)O.[Cr].[Cu].[Mn].[NaH].[Zn]. The van der Waals surface area contributed by atoms with Gasteiger partial charge in [0.25, 0.3) is 0 Å². The first-order chi connectivity index (χ1) is 12.3. The molecule has 0 saturated carbocycles. The molecule has 28 heteroatoms. The second kappa shape index (κ2) is 29.0. The predicted octanol–water partition coefficient (Wildman–Crippen LogP) is -3.57. The van der Waals surface area contributed by atoms with E-state index >= 15 is 0 Å². The van der Waals surface area contributed by atoms with Crippen LogP contribution in [0.15, 0.2) is 24.4 Å². The summed E-state index contributed by atoms with van der Waals surface area (Å²) in [5, 5.41) is 8.32. The van der Waals surface area contributed by atoms with Crippen molar-refractivity contribution in [3.63, 3.8) is 0 Å². The summed E-state index contributed by atoms with van der Waals surface area (Å²) in [6.07, 6.45) is 1.45. The molecular formula is C6H14CrCuMnNNaO18S3SeZn. The van der Waals surface area contributed by atoms with E-state index in [9.17, 15) is 4.79 Å². The Morgan fingerprint density at radius 1 is 0.794 bits per heavy atom. The van der Waals surface area contributed by atoms with Crippen LogP contribution in [0.5, 0.6) is 0 Å². The van der Waals surface area contributed by atoms with Gasteiger partial charge in [0.2, 0.25) is 0 Å². The molecule has 0 atom stereocenters. The van der Waals surface area contributed by atoms with Crippen LogP contribution in [0.4, 0.5) is 0 Å². The van der Waals surface area contributed by atoms with Gasteiger partial charge in [0.05, 0.1) is 0 Å². The van der Waals surface area contributed by atoms with Crippen molar-refractivity contribution in [2.24, 2.45) is 0 Å². The molecule has 34 heavy (non-hydrogen) atoms. The molecule has 1 aromatic heterocycles. The molecule has 0 spiro atoms. The predicted molar refractivity (Wildman–Crippen MR) is 92.4 cm³/mol. The fourth-order valence-corrected chi connectivity index (χ4v) is 0.489. The van der Waals surface area contributed by atoms with E-state index < -0.39 is 50.5 Å². The number of aromatic nitrogens is 1. The minimum absolute atomic E-state index is 0. The van der Waals surface area contributed by atoms with Gasteiger partial charge in [-0.05, 0) is 12.1 Å². The number of hydrogen-bond donors (Lipinski definition) is 9. The normalized spacial score (nSPS) is 9.18. The molecule has 0 fully saturated rings.